The van der Waals surface area contributed by atoms with Crippen molar-refractivity contribution in [3.05, 3.63) is 17.7 Å². The highest BCUT2D eigenvalue weighted by Crippen LogP contribution is 2.17. The number of rotatable bonds is 7. The van der Waals surface area contributed by atoms with Gasteiger partial charge in [0.25, 0.3) is 0 Å². The lowest BCUT2D eigenvalue weighted by atomic mass is 10.1. The van der Waals surface area contributed by atoms with Gasteiger partial charge >= 0.3 is 0 Å². The van der Waals surface area contributed by atoms with Gasteiger partial charge in [0.2, 0.25) is 0 Å². The van der Waals surface area contributed by atoms with Gasteiger partial charge in [-0.25, -0.2) is 4.98 Å². The van der Waals surface area contributed by atoms with Crippen molar-refractivity contribution >= 4 is 0 Å². The highest BCUT2D eigenvalue weighted by atomic mass is 15.1. The number of aryl methyl sites for hydroxylation is 1. The highest BCUT2D eigenvalue weighted by molar-refractivity contribution is 5.09. The molecule has 0 aromatic carbocycles. The number of imidazole rings is 1. The molecular weight excluding hydrogens is 198 g/mol. The Morgan fingerprint density at radius 2 is 2.06 bits per heavy atom. The van der Waals surface area contributed by atoms with Crippen molar-refractivity contribution in [2.45, 2.75) is 53.0 Å². The van der Waals surface area contributed by atoms with E-state index in [2.05, 4.69) is 42.6 Å². The van der Waals surface area contributed by atoms with E-state index in [1.165, 1.54) is 25.0 Å². The van der Waals surface area contributed by atoms with Crippen molar-refractivity contribution in [2.75, 3.05) is 13.1 Å². The van der Waals surface area contributed by atoms with Crippen LogP contribution in [-0.2, 0) is 0 Å². The third-order valence-electron chi connectivity index (χ3n) is 3.11. The van der Waals surface area contributed by atoms with Gasteiger partial charge in [-0.3, -0.25) is 0 Å². The molecule has 3 heteroatoms. The molecule has 0 fully saturated rings. The van der Waals surface area contributed by atoms with E-state index in [1.54, 1.807) is 0 Å². The molecule has 16 heavy (non-hydrogen) atoms. The lowest BCUT2D eigenvalue weighted by Crippen LogP contribution is -2.26. The first-order valence-electron chi connectivity index (χ1n) is 6.41. The molecule has 1 unspecified atom stereocenters. The molecule has 0 aliphatic carbocycles. The van der Waals surface area contributed by atoms with Gasteiger partial charge < -0.3 is 9.88 Å². The van der Waals surface area contributed by atoms with Gasteiger partial charge in [0, 0.05) is 18.3 Å². The first kappa shape index (κ1) is 13.2. The summed E-state index contributed by atoms with van der Waals surface area (Å²) >= 11 is 0. The van der Waals surface area contributed by atoms with Crippen LogP contribution in [-0.4, -0.2) is 22.6 Å². The Bertz CT molecular complexity index is 304. The molecule has 0 amide bonds. The molecule has 3 nitrogen and oxygen atoms in total. The molecule has 0 aliphatic rings. The van der Waals surface area contributed by atoms with Gasteiger partial charge in [0.15, 0.2) is 0 Å². The minimum Gasteiger partial charge on any atom is -0.330 e. The van der Waals surface area contributed by atoms with E-state index in [-0.39, 0.29) is 0 Å². The summed E-state index contributed by atoms with van der Waals surface area (Å²) in [6, 6.07) is 0.553. The monoisotopic (exact) mass is 223 g/mol. The van der Waals surface area contributed by atoms with E-state index >= 15 is 0 Å². The van der Waals surface area contributed by atoms with Crippen molar-refractivity contribution in [2.24, 2.45) is 0 Å². The number of nitrogens with one attached hydrogen (secondary N) is 1. The maximum atomic E-state index is 4.38. The average Bonchev–Trinajstić information content (AvgIpc) is 2.59. The fourth-order valence-corrected chi connectivity index (χ4v) is 2.00. The Labute approximate surface area is 99.3 Å². The second-order valence-electron chi connectivity index (χ2n) is 4.47. The minimum absolute atomic E-state index is 0.553. The van der Waals surface area contributed by atoms with Crippen LogP contribution < -0.4 is 5.32 Å². The molecule has 0 radical (unpaired) electrons. The van der Waals surface area contributed by atoms with Crippen LogP contribution in [0.2, 0.25) is 0 Å². The van der Waals surface area contributed by atoms with Crippen LogP contribution in [0.25, 0.3) is 0 Å². The standard InChI is InChI=1S/C13H25N3/c1-5-7-13(9-14-8-6-2)16-10-15-11(3)12(16)4/h10,13-14H,5-9H2,1-4H3. The Morgan fingerprint density at radius 1 is 1.31 bits per heavy atom. The number of hydrogen-bond acceptors (Lipinski definition) is 2. The Morgan fingerprint density at radius 3 is 2.56 bits per heavy atom. The zero-order valence-electron chi connectivity index (χ0n) is 11.1. The van der Waals surface area contributed by atoms with Gasteiger partial charge in [0.1, 0.15) is 0 Å². The van der Waals surface area contributed by atoms with Crippen LogP contribution in [0, 0.1) is 13.8 Å². The summed E-state index contributed by atoms with van der Waals surface area (Å²) in [5, 5.41) is 3.51. The van der Waals surface area contributed by atoms with E-state index in [1.807, 2.05) is 6.33 Å². The second kappa shape index (κ2) is 6.69. The molecule has 0 spiro atoms. The van der Waals surface area contributed by atoms with Crippen molar-refractivity contribution in [3.8, 4) is 0 Å². The molecule has 1 heterocycles. The summed E-state index contributed by atoms with van der Waals surface area (Å²) in [6.07, 6.45) is 5.61. The molecule has 92 valence electrons. The van der Waals surface area contributed by atoms with E-state index in [0.717, 1.165) is 18.8 Å². The van der Waals surface area contributed by atoms with Crippen molar-refractivity contribution < 1.29 is 0 Å². The van der Waals surface area contributed by atoms with Crippen molar-refractivity contribution in [1.29, 1.82) is 0 Å². The Kier molecular flexibility index (Phi) is 5.53. The predicted octanol–water partition coefficient (Wildman–Crippen LogP) is 2.84. The van der Waals surface area contributed by atoms with Gasteiger partial charge in [-0.05, 0) is 33.2 Å². The number of aromatic nitrogens is 2. The average molecular weight is 223 g/mol. The van der Waals surface area contributed by atoms with E-state index < -0.39 is 0 Å². The Balaban J connectivity index is 2.65. The highest BCUT2D eigenvalue weighted by Gasteiger charge is 2.12. The summed E-state index contributed by atoms with van der Waals surface area (Å²) in [7, 11) is 0. The van der Waals surface area contributed by atoms with Crippen molar-refractivity contribution in [1.82, 2.24) is 14.9 Å². The minimum atomic E-state index is 0.553. The summed E-state index contributed by atoms with van der Waals surface area (Å²) in [5.41, 5.74) is 2.45. The lowest BCUT2D eigenvalue weighted by molar-refractivity contribution is 0.422. The zero-order chi connectivity index (χ0) is 12.0. The lowest BCUT2D eigenvalue weighted by Gasteiger charge is -2.20. The van der Waals surface area contributed by atoms with Gasteiger partial charge in [-0.15, -0.1) is 0 Å². The molecule has 0 saturated carbocycles. The normalized spacial score (nSPS) is 13.0. The van der Waals surface area contributed by atoms with Crippen LogP contribution in [0.5, 0.6) is 0 Å². The quantitative estimate of drug-likeness (QED) is 0.720. The fourth-order valence-electron chi connectivity index (χ4n) is 2.00. The molecule has 1 atom stereocenters. The molecule has 1 rings (SSSR count). The molecular formula is C13H25N3. The zero-order valence-corrected chi connectivity index (χ0v) is 11.1. The number of hydrogen-bond donors (Lipinski definition) is 1. The van der Waals surface area contributed by atoms with Crippen LogP contribution >= 0.6 is 0 Å². The fraction of sp³-hybridized carbons (Fsp3) is 0.769. The second-order valence-corrected chi connectivity index (χ2v) is 4.47. The van der Waals surface area contributed by atoms with Crippen LogP contribution in [0.1, 0.15) is 50.5 Å². The maximum absolute atomic E-state index is 4.38. The third kappa shape index (κ3) is 3.34. The molecule has 0 aliphatic heterocycles. The molecule has 1 N–H and O–H groups in total. The van der Waals surface area contributed by atoms with Crippen LogP contribution in [0.4, 0.5) is 0 Å². The van der Waals surface area contributed by atoms with Crippen LogP contribution in [0.3, 0.4) is 0 Å². The maximum Gasteiger partial charge on any atom is 0.0954 e. The molecule has 0 bridgehead atoms. The third-order valence-corrected chi connectivity index (χ3v) is 3.11. The Hall–Kier alpha value is -0.830. The summed E-state index contributed by atoms with van der Waals surface area (Å²) in [5.74, 6) is 0. The van der Waals surface area contributed by atoms with Gasteiger partial charge in [-0.2, -0.15) is 0 Å². The summed E-state index contributed by atoms with van der Waals surface area (Å²) in [6.45, 7) is 10.8. The predicted molar refractivity (Wildman–Crippen MR) is 68.8 cm³/mol. The smallest absolute Gasteiger partial charge is 0.0954 e. The topological polar surface area (TPSA) is 29.9 Å². The van der Waals surface area contributed by atoms with Gasteiger partial charge in [-0.1, -0.05) is 20.3 Å². The van der Waals surface area contributed by atoms with Crippen molar-refractivity contribution in [3.63, 3.8) is 0 Å². The first-order chi connectivity index (χ1) is 7.70. The van der Waals surface area contributed by atoms with E-state index in [4.69, 9.17) is 0 Å². The molecule has 1 aromatic heterocycles. The van der Waals surface area contributed by atoms with E-state index in [9.17, 15) is 0 Å². The summed E-state index contributed by atoms with van der Waals surface area (Å²) in [4.78, 5) is 4.38. The van der Waals surface area contributed by atoms with Gasteiger partial charge in [0.05, 0.1) is 12.0 Å². The summed E-state index contributed by atoms with van der Waals surface area (Å²) < 4.78 is 2.32. The molecule has 0 saturated heterocycles. The first-order valence-corrected chi connectivity index (χ1v) is 6.41. The SMILES string of the molecule is CCCNCC(CCC)n1cnc(C)c1C. The molecule has 1 aromatic rings. The van der Waals surface area contributed by atoms with E-state index in [0.29, 0.717) is 6.04 Å². The largest absolute Gasteiger partial charge is 0.330 e. The number of nitrogens with zero attached hydrogens (tertiary/aromatic N) is 2. The van der Waals surface area contributed by atoms with Crippen LogP contribution in [0.15, 0.2) is 6.33 Å².